The molecule has 0 spiro atoms. The largest absolute Gasteiger partial charge is 0.479 e. The number of carboxylic acids is 1. The highest BCUT2D eigenvalue weighted by atomic mass is 16.4. The Bertz CT molecular complexity index is 992. The second-order valence-corrected chi connectivity index (χ2v) is 8.12. The quantitative estimate of drug-likeness (QED) is 0.630. The maximum Gasteiger partial charge on any atom is 0.338 e. The van der Waals surface area contributed by atoms with Gasteiger partial charge in [0, 0.05) is 0 Å². The highest BCUT2D eigenvalue weighted by Gasteiger charge is 2.47. The molecule has 0 saturated heterocycles. The Morgan fingerprint density at radius 1 is 1.23 bits per heavy atom. The molecule has 2 unspecified atom stereocenters. The van der Waals surface area contributed by atoms with Crippen LogP contribution in [0.25, 0.3) is 5.57 Å². The smallest absolute Gasteiger partial charge is 0.338 e. The molecule has 0 bridgehead atoms. The van der Waals surface area contributed by atoms with Crippen molar-refractivity contribution in [2.75, 3.05) is 0 Å². The van der Waals surface area contributed by atoms with Crippen LogP contribution in [-0.2, 0) is 9.59 Å². The first-order valence-corrected chi connectivity index (χ1v) is 10.5. The maximum absolute atomic E-state index is 12.9. The molecule has 8 nitrogen and oxygen atoms in total. The van der Waals surface area contributed by atoms with Crippen LogP contribution in [0, 0.1) is 0 Å². The van der Waals surface area contributed by atoms with E-state index in [2.05, 4.69) is 15.6 Å². The molecule has 1 fully saturated rings. The summed E-state index contributed by atoms with van der Waals surface area (Å²) in [5, 5.41) is 31.0. The van der Waals surface area contributed by atoms with Crippen LogP contribution in [0.1, 0.15) is 44.6 Å². The Morgan fingerprint density at radius 3 is 2.61 bits per heavy atom. The molecular weight excluding hydrogens is 396 g/mol. The Balaban J connectivity index is 1.59. The van der Waals surface area contributed by atoms with Gasteiger partial charge in [0.2, 0.25) is 0 Å². The molecule has 3 aliphatic rings. The van der Waals surface area contributed by atoms with Gasteiger partial charge in [-0.05, 0) is 37.0 Å². The topological polar surface area (TPSA) is 115 Å². The summed E-state index contributed by atoms with van der Waals surface area (Å²) in [4.78, 5) is 25.2. The Morgan fingerprint density at radius 2 is 1.94 bits per heavy atom. The van der Waals surface area contributed by atoms with Gasteiger partial charge in [-0.1, -0.05) is 61.7 Å². The predicted molar refractivity (Wildman–Crippen MR) is 117 cm³/mol. The fraction of sp³-hybridized carbons (Fsp3) is 0.391. The first-order valence-electron chi connectivity index (χ1n) is 10.5. The van der Waals surface area contributed by atoms with Crippen LogP contribution in [-0.4, -0.2) is 56.2 Å². The molecule has 2 aliphatic carbocycles. The van der Waals surface area contributed by atoms with E-state index in [-0.39, 0.29) is 17.7 Å². The number of rotatable bonds is 5. The Hall–Kier alpha value is -3.26. The van der Waals surface area contributed by atoms with E-state index in [4.69, 9.17) is 0 Å². The van der Waals surface area contributed by atoms with E-state index in [1.165, 1.54) is 11.1 Å². The van der Waals surface area contributed by atoms with Crippen molar-refractivity contribution < 1.29 is 19.8 Å². The third kappa shape index (κ3) is 3.79. The van der Waals surface area contributed by atoms with Crippen molar-refractivity contribution in [3.05, 3.63) is 54.1 Å². The zero-order valence-corrected chi connectivity index (χ0v) is 17.4. The van der Waals surface area contributed by atoms with Gasteiger partial charge in [0.25, 0.3) is 5.91 Å². The molecule has 2 atom stereocenters. The lowest BCUT2D eigenvalue weighted by Crippen LogP contribution is -2.58. The van der Waals surface area contributed by atoms with Crippen LogP contribution in [0.2, 0.25) is 0 Å². The second-order valence-electron chi connectivity index (χ2n) is 8.12. The minimum Gasteiger partial charge on any atom is -0.479 e. The first kappa shape index (κ1) is 21.0. The van der Waals surface area contributed by atoms with E-state index < -0.39 is 17.6 Å². The van der Waals surface area contributed by atoms with E-state index in [9.17, 15) is 19.8 Å². The molecule has 1 aromatic carbocycles. The van der Waals surface area contributed by atoms with Crippen LogP contribution in [0.15, 0.2) is 58.8 Å². The Labute approximate surface area is 180 Å². The lowest BCUT2D eigenvalue weighted by atomic mass is 9.81. The average Bonchev–Trinajstić information content (AvgIpc) is 3.07. The molecule has 1 amide bonds. The number of hydrogen-bond donors (Lipinski definition) is 3. The highest BCUT2D eigenvalue weighted by molar-refractivity contribution is 6.68. The minimum atomic E-state index is -1.91. The van der Waals surface area contributed by atoms with Crippen molar-refractivity contribution in [3.8, 4) is 0 Å². The maximum atomic E-state index is 12.9. The van der Waals surface area contributed by atoms with Gasteiger partial charge in [-0.25, -0.2) is 9.80 Å². The molecule has 4 rings (SSSR count). The monoisotopic (exact) mass is 422 g/mol. The van der Waals surface area contributed by atoms with Crippen molar-refractivity contribution in [2.24, 2.45) is 10.2 Å². The molecule has 1 aliphatic heterocycles. The van der Waals surface area contributed by atoms with E-state index in [0.717, 1.165) is 32.1 Å². The molecule has 162 valence electrons. The number of amides is 1. The SMILES string of the molecule is CC1=NN(C2CCCCC2)C(=O)C1=NNC1(C(=O)O)C=CC=C(c2ccccc2)C1O. The molecule has 1 aromatic rings. The number of benzene rings is 1. The number of aliphatic carboxylic acids is 1. The van der Waals surface area contributed by atoms with E-state index >= 15 is 0 Å². The zero-order valence-electron chi connectivity index (χ0n) is 17.4. The van der Waals surface area contributed by atoms with Crippen LogP contribution < -0.4 is 5.43 Å². The summed E-state index contributed by atoms with van der Waals surface area (Å²) in [6, 6.07) is 9.11. The molecular formula is C23H26N4O4. The standard InChI is InChI=1S/C23H26N4O4/c1-15-19(21(29)27(25-15)17-11-6-3-7-12-17)24-26-23(22(30)31)14-8-13-18(20(23)28)16-9-4-2-5-10-16/h2,4-5,8-10,13-14,17,20,26,28H,3,6-7,11-12H2,1H3,(H,30,31). The number of aliphatic hydroxyl groups is 1. The number of hydrogen-bond acceptors (Lipinski definition) is 6. The summed E-state index contributed by atoms with van der Waals surface area (Å²) in [5.41, 5.74) is 2.34. The first-order chi connectivity index (χ1) is 14.9. The fourth-order valence-corrected chi connectivity index (χ4v) is 4.32. The molecule has 1 heterocycles. The van der Waals surface area contributed by atoms with Crippen LogP contribution in [0.3, 0.4) is 0 Å². The molecule has 0 radical (unpaired) electrons. The number of nitrogens with zero attached hydrogens (tertiary/aromatic N) is 3. The summed E-state index contributed by atoms with van der Waals surface area (Å²) in [5.74, 6) is -1.64. The van der Waals surface area contributed by atoms with Gasteiger partial charge in [-0.2, -0.15) is 10.2 Å². The lowest BCUT2D eigenvalue weighted by molar-refractivity contribution is -0.145. The number of aliphatic hydroxyl groups excluding tert-OH is 1. The second kappa shape index (κ2) is 8.47. The Kier molecular flexibility index (Phi) is 5.73. The average molecular weight is 422 g/mol. The number of nitrogens with one attached hydrogen (secondary N) is 1. The predicted octanol–water partition coefficient (Wildman–Crippen LogP) is 2.32. The summed E-state index contributed by atoms with van der Waals surface area (Å²) in [6.07, 6.45) is 8.25. The molecule has 0 aromatic heterocycles. The van der Waals surface area contributed by atoms with Crippen LogP contribution in [0.5, 0.6) is 0 Å². The van der Waals surface area contributed by atoms with Crippen LogP contribution >= 0.6 is 0 Å². The fourth-order valence-electron chi connectivity index (χ4n) is 4.32. The summed E-state index contributed by atoms with van der Waals surface area (Å²) >= 11 is 0. The van der Waals surface area contributed by atoms with Crippen molar-refractivity contribution in [1.82, 2.24) is 10.4 Å². The number of carbonyl (C=O) groups excluding carboxylic acids is 1. The van der Waals surface area contributed by atoms with Gasteiger partial charge < -0.3 is 10.2 Å². The van der Waals surface area contributed by atoms with Crippen molar-refractivity contribution >= 4 is 28.9 Å². The third-order valence-electron chi connectivity index (χ3n) is 6.11. The number of carboxylic acid groups (broad SMARTS) is 1. The summed E-state index contributed by atoms with van der Waals surface area (Å²) < 4.78 is 0. The number of allylic oxidation sites excluding steroid dienone is 2. The van der Waals surface area contributed by atoms with E-state index in [1.807, 2.05) is 18.2 Å². The lowest BCUT2D eigenvalue weighted by Gasteiger charge is -2.34. The van der Waals surface area contributed by atoms with Gasteiger partial charge >= 0.3 is 5.97 Å². The molecule has 1 saturated carbocycles. The normalized spacial score (nSPS) is 27.9. The van der Waals surface area contributed by atoms with Gasteiger partial charge in [0.15, 0.2) is 11.3 Å². The van der Waals surface area contributed by atoms with E-state index in [0.29, 0.717) is 16.8 Å². The van der Waals surface area contributed by atoms with Gasteiger partial charge in [0.1, 0.15) is 6.10 Å². The number of carbonyl (C=O) groups is 2. The van der Waals surface area contributed by atoms with Crippen molar-refractivity contribution in [1.29, 1.82) is 0 Å². The summed E-state index contributed by atoms with van der Waals surface area (Å²) in [7, 11) is 0. The van der Waals surface area contributed by atoms with Gasteiger partial charge in [-0.3, -0.25) is 10.2 Å². The zero-order chi connectivity index (χ0) is 22.0. The van der Waals surface area contributed by atoms with E-state index in [1.54, 1.807) is 31.2 Å². The molecule has 31 heavy (non-hydrogen) atoms. The van der Waals surface area contributed by atoms with Gasteiger partial charge in [0.05, 0.1) is 11.8 Å². The third-order valence-corrected chi connectivity index (χ3v) is 6.11. The molecule has 8 heteroatoms. The summed E-state index contributed by atoms with van der Waals surface area (Å²) in [6.45, 7) is 1.68. The number of hydrazone groups is 2. The minimum absolute atomic E-state index is 0.0464. The van der Waals surface area contributed by atoms with Crippen LogP contribution in [0.4, 0.5) is 0 Å². The van der Waals surface area contributed by atoms with Gasteiger partial charge in [-0.15, -0.1) is 0 Å². The van der Waals surface area contributed by atoms with Crippen molar-refractivity contribution in [2.45, 2.75) is 56.7 Å². The molecule has 3 N–H and O–H groups in total. The van der Waals surface area contributed by atoms with Crippen molar-refractivity contribution in [3.63, 3.8) is 0 Å². The highest BCUT2D eigenvalue weighted by Crippen LogP contribution is 2.31.